The Morgan fingerprint density at radius 1 is 0.903 bits per heavy atom. The molecule has 3 aromatic rings. The maximum Gasteiger partial charge on any atom is 0.250 e. The Morgan fingerprint density at radius 3 is 2.35 bits per heavy atom. The Bertz CT molecular complexity index is 1270. The second kappa shape index (κ2) is 7.66. The molecule has 7 heteroatoms. The fourth-order valence-electron chi connectivity index (χ4n) is 4.93. The number of fused-ring (bicyclic) bond motifs is 4. The lowest BCUT2D eigenvalue weighted by Gasteiger charge is -2.42. The third kappa shape index (κ3) is 3.47. The molecule has 2 unspecified atom stereocenters. The van der Waals surface area contributed by atoms with Crippen molar-refractivity contribution in [1.29, 1.82) is 0 Å². The Kier molecular flexibility index (Phi) is 4.95. The topological polar surface area (TPSA) is 68.6 Å². The second-order valence-corrected chi connectivity index (χ2v) is 10.2. The number of hydrogen-bond donors (Lipinski definition) is 0. The molecular formula is C24H24N2O4S. The third-order valence-electron chi connectivity index (χ3n) is 6.34. The summed E-state index contributed by atoms with van der Waals surface area (Å²) in [5.74, 6) is 0.711. The molecule has 2 aliphatic rings. The van der Waals surface area contributed by atoms with Crippen molar-refractivity contribution in [2.24, 2.45) is 5.92 Å². The molecule has 1 aromatic heterocycles. The largest absolute Gasteiger partial charge is 0.497 e. The first-order chi connectivity index (χ1) is 15.0. The van der Waals surface area contributed by atoms with Crippen LogP contribution in [0, 0.1) is 5.92 Å². The van der Waals surface area contributed by atoms with E-state index >= 15 is 0 Å². The summed E-state index contributed by atoms with van der Waals surface area (Å²) in [7, 11) is -2.07. The van der Waals surface area contributed by atoms with Crippen LogP contribution in [0.5, 0.6) is 5.75 Å². The van der Waals surface area contributed by atoms with E-state index in [1.807, 2.05) is 41.0 Å². The SMILES string of the molecule is COc1ccc(S(=O)(=O)N2CC3CC(C2)c2c(-c4ccccc4)ccc(=O)n2C3)cc1. The minimum absolute atomic E-state index is 0.0177. The fourth-order valence-corrected chi connectivity index (χ4v) is 6.49. The number of hydrogen-bond acceptors (Lipinski definition) is 4. The first-order valence-electron chi connectivity index (χ1n) is 10.4. The van der Waals surface area contributed by atoms with Crippen molar-refractivity contribution in [2.45, 2.75) is 23.8 Å². The van der Waals surface area contributed by atoms with Crippen molar-refractivity contribution in [3.63, 3.8) is 0 Å². The van der Waals surface area contributed by atoms with E-state index in [0.29, 0.717) is 25.4 Å². The van der Waals surface area contributed by atoms with Gasteiger partial charge >= 0.3 is 0 Å². The lowest BCUT2D eigenvalue weighted by Crippen LogP contribution is -2.49. The second-order valence-electron chi connectivity index (χ2n) is 8.24. The van der Waals surface area contributed by atoms with Crippen LogP contribution in [-0.4, -0.2) is 37.5 Å². The third-order valence-corrected chi connectivity index (χ3v) is 8.18. The van der Waals surface area contributed by atoms with Crippen LogP contribution in [0.4, 0.5) is 0 Å². The fraction of sp³-hybridized carbons (Fsp3) is 0.292. The number of nitrogens with zero attached hydrogens (tertiary/aromatic N) is 2. The Labute approximate surface area is 181 Å². The van der Waals surface area contributed by atoms with E-state index < -0.39 is 10.0 Å². The molecule has 5 rings (SSSR count). The van der Waals surface area contributed by atoms with Gasteiger partial charge in [0.15, 0.2) is 0 Å². The predicted octanol–water partition coefficient (Wildman–Crippen LogP) is 3.33. The molecule has 6 nitrogen and oxygen atoms in total. The molecule has 1 saturated heterocycles. The Morgan fingerprint density at radius 2 is 1.65 bits per heavy atom. The zero-order valence-corrected chi connectivity index (χ0v) is 18.1. The van der Waals surface area contributed by atoms with Crippen LogP contribution >= 0.6 is 0 Å². The number of rotatable bonds is 4. The molecule has 0 radical (unpaired) electrons. The minimum Gasteiger partial charge on any atom is -0.497 e. The number of sulfonamides is 1. The monoisotopic (exact) mass is 436 g/mol. The minimum atomic E-state index is -3.63. The summed E-state index contributed by atoms with van der Waals surface area (Å²) in [5.41, 5.74) is 2.98. The molecule has 0 amide bonds. The Hall–Kier alpha value is -2.90. The normalized spacial score (nSPS) is 20.8. The zero-order chi connectivity index (χ0) is 21.6. The van der Waals surface area contributed by atoms with Crippen molar-refractivity contribution in [1.82, 2.24) is 8.87 Å². The van der Waals surface area contributed by atoms with Gasteiger partial charge in [-0.1, -0.05) is 30.3 Å². The summed E-state index contributed by atoms with van der Waals surface area (Å²) in [6.45, 7) is 1.33. The highest BCUT2D eigenvalue weighted by molar-refractivity contribution is 7.89. The quantitative estimate of drug-likeness (QED) is 0.629. The highest BCUT2D eigenvalue weighted by Crippen LogP contribution is 2.41. The van der Waals surface area contributed by atoms with Gasteiger partial charge in [-0.15, -0.1) is 0 Å². The van der Waals surface area contributed by atoms with Crippen molar-refractivity contribution >= 4 is 10.0 Å². The van der Waals surface area contributed by atoms with Gasteiger partial charge in [0, 0.05) is 42.9 Å². The van der Waals surface area contributed by atoms with Gasteiger partial charge in [-0.25, -0.2) is 8.42 Å². The summed E-state index contributed by atoms with van der Waals surface area (Å²) in [4.78, 5) is 12.9. The average molecular weight is 437 g/mol. The van der Waals surface area contributed by atoms with E-state index in [1.54, 1.807) is 41.7 Å². The van der Waals surface area contributed by atoms with Crippen molar-refractivity contribution in [3.8, 4) is 16.9 Å². The van der Waals surface area contributed by atoms with Gasteiger partial charge in [0.25, 0.3) is 5.56 Å². The van der Waals surface area contributed by atoms with Gasteiger partial charge < -0.3 is 9.30 Å². The van der Waals surface area contributed by atoms with Gasteiger partial charge in [-0.05, 0) is 48.2 Å². The maximum atomic E-state index is 13.4. The molecular weight excluding hydrogens is 412 g/mol. The van der Waals surface area contributed by atoms with Gasteiger partial charge in [0.05, 0.1) is 12.0 Å². The van der Waals surface area contributed by atoms with E-state index in [4.69, 9.17) is 4.74 Å². The van der Waals surface area contributed by atoms with Crippen LogP contribution in [0.15, 0.2) is 76.4 Å². The molecule has 2 aromatic carbocycles. The molecule has 160 valence electrons. The molecule has 0 N–H and O–H groups in total. The van der Waals surface area contributed by atoms with Crippen LogP contribution in [0.1, 0.15) is 18.0 Å². The van der Waals surface area contributed by atoms with Crippen LogP contribution in [0.25, 0.3) is 11.1 Å². The molecule has 2 bridgehead atoms. The van der Waals surface area contributed by atoms with Gasteiger partial charge in [0.1, 0.15) is 5.75 Å². The van der Waals surface area contributed by atoms with E-state index in [2.05, 4.69) is 0 Å². The number of methoxy groups -OCH3 is 1. The summed E-state index contributed by atoms with van der Waals surface area (Å²) < 4.78 is 35.3. The maximum absolute atomic E-state index is 13.4. The Balaban J connectivity index is 1.54. The van der Waals surface area contributed by atoms with Crippen LogP contribution in [0.3, 0.4) is 0 Å². The predicted molar refractivity (Wildman–Crippen MR) is 119 cm³/mol. The van der Waals surface area contributed by atoms with Crippen LogP contribution < -0.4 is 10.3 Å². The molecule has 0 aliphatic carbocycles. The van der Waals surface area contributed by atoms with E-state index in [-0.39, 0.29) is 22.3 Å². The highest BCUT2D eigenvalue weighted by Gasteiger charge is 2.40. The molecule has 0 saturated carbocycles. The first-order valence-corrected chi connectivity index (χ1v) is 11.8. The molecule has 2 aliphatic heterocycles. The molecule has 31 heavy (non-hydrogen) atoms. The number of benzene rings is 2. The van der Waals surface area contributed by atoms with Gasteiger partial charge in [-0.2, -0.15) is 4.31 Å². The molecule has 0 spiro atoms. The van der Waals surface area contributed by atoms with E-state index in [0.717, 1.165) is 23.2 Å². The van der Waals surface area contributed by atoms with Crippen molar-refractivity contribution in [2.75, 3.05) is 20.2 Å². The number of piperidine rings is 1. The number of aromatic nitrogens is 1. The molecule has 1 fully saturated rings. The standard InChI is InChI=1S/C24H24N2O4S/c1-30-20-7-9-21(10-8-20)31(28,29)25-14-17-13-19(16-25)24-22(18-5-3-2-4-6-18)11-12-23(27)26(24)15-17/h2-12,17,19H,13-16H2,1H3. The van der Waals surface area contributed by atoms with Gasteiger partial charge in [0.2, 0.25) is 10.0 Å². The highest BCUT2D eigenvalue weighted by atomic mass is 32.2. The summed E-state index contributed by atoms with van der Waals surface area (Å²) in [6, 6.07) is 20.0. The zero-order valence-electron chi connectivity index (χ0n) is 17.3. The molecule has 3 heterocycles. The van der Waals surface area contributed by atoms with Gasteiger partial charge in [-0.3, -0.25) is 4.79 Å². The summed E-state index contributed by atoms with van der Waals surface area (Å²) in [5, 5.41) is 0. The van der Waals surface area contributed by atoms with E-state index in [9.17, 15) is 13.2 Å². The molecule has 2 atom stereocenters. The average Bonchev–Trinajstić information content (AvgIpc) is 2.80. The number of pyridine rings is 1. The lowest BCUT2D eigenvalue weighted by molar-refractivity contribution is 0.187. The van der Waals surface area contributed by atoms with Crippen molar-refractivity contribution < 1.29 is 13.2 Å². The summed E-state index contributed by atoms with van der Waals surface area (Å²) in [6.07, 6.45) is 0.887. The smallest absolute Gasteiger partial charge is 0.250 e. The summed E-state index contributed by atoms with van der Waals surface area (Å²) >= 11 is 0. The van der Waals surface area contributed by atoms with E-state index in [1.165, 1.54) is 0 Å². The lowest BCUT2D eigenvalue weighted by atomic mass is 9.81. The van der Waals surface area contributed by atoms with Crippen LogP contribution in [0.2, 0.25) is 0 Å². The van der Waals surface area contributed by atoms with Crippen molar-refractivity contribution in [3.05, 3.63) is 82.8 Å². The number of ether oxygens (including phenoxy) is 1. The first kappa shape index (κ1) is 20.0. The van der Waals surface area contributed by atoms with Crippen LogP contribution in [-0.2, 0) is 16.6 Å².